The predicted octanol–water partition coefficient (Wildman–Crippen LogP) is 7.42. The maximum absolute atomic E-state index is 12.8. The van der Waals surface area contributed by atoms with Gasteiger partial charge < -0.3 is 15.7 Å². The Kier molecular flexibility index (Phi) is 7.61. The van der Waals surface area contributed by atoms with E-state index in [1.54, 1.807) is 35.6 Å². The fourth-order valence-electron chi connectivity index (χ4n) is 4.70. The molecule has 0 unspecified atom stereocenters. The first kappa shape index (κ1) is 24.7. The van der Waals surface area contributed by atoms with Crippen LogP contribution in [0.5, 0.6) is 0 Å². The molecular formula is C30H29N3O3S. The number of rotatable bonds is 8. The smallest absolute Gasteiger partial charge is 0.335 e. The topological polar surface area (TPSA) is 91.3 Å². The first-order chi connectivity index (χ1) is 18.0. The van der Waals surface area contributed by atoms with Crippen LogP contribution in [0.25, 0.3) is 11.3 Å². The Morgan fingerprint density at radius 2 is 1.49 bits per heavy atom. The van der Waals surface area contributed by atoms with E-state index in [0.717, 1.165) is 27.6 Å². The number of hydrogen-bond donors (Lipinski definition) is 3. The summed E-state index contributed by atoms with van der Waals surface area (Å²) in [6, 6.07) is 22.4. The highest BCUT2D eigenvalue weighted by Gasteiger charge is 2.15. The molecule has 1 amide bonds. The van der Waals surface area contributed by atoms with Crippen molar-refractivity contribution in [2.24, 2.45) is 0 Å². The lowest BCUT2D eigenvalue weighted by atomic mass is 9.84. The number of thiazole rings is 1. The zero-order valence-corrected chi connectivity index (χ0v) is 21.3. The summed E-state index contributed by atoms with van der Waals surface area (Å²) >= 11 is 1.55. The van der Waals surface area contributed by atoms with Crippen molar-refractivity contribution in [1.29, 1.82) is 0 Å². The lowest BCUT2D eigenvalue weighted by Gasteiger charge is -2.22. The number of amides is 1. The van der Waals surface area contributed by atoms with Crippen LogP contribution in [0.3, 0.4) is 0 Å². The van der Waals surface area contributed by atoms with Crippen LogP contribution < -0.4 is 10.6 Å². The molecule has 0 saturated heterocycles. The third-order valence-corrected chi connectivity index (χ3v) is 7.66. The van der Waals surface area contributed by atoms with Crippen molar-refractivity contribution in [3.63, 3.8) is 0 Å². The molecule has 37 heavy (non-hydrogen) atoms. The zero-order chi connectivity index (χ0) is 25.6. The number of aromatic carboxylic acids is 1. The van der Waals surface area contributed by atoms with Gasteiger partial charge in [-0.1, -0.05) is 43.5 Å². The minimum Gasteiger partial charge on any atom is -0.478 e. The molecule has 3 N–H and O–H groups in total. The highest BCUT2D eigenvalue weighted by Crippen LogP contribution is 2.33. The van der Waals surface area contributed by atoms with Crippen LogP contribution in [0.4, 0.5) is 11.4 Å². The number of carboxylic acid groups (broad SMARTS) is 1. The molecule has 188 valence electrons. The number of carbonyl (C=O) groups excluding carboxylic acids is 1. The van der Waals surface area contributed by atoms with Gasteiger partial charge in [-0.15, -0.1) is 11.3 Å². The molecule has 5 rings (SSSR count). The quantitative estimate of drug-likeness (QED) is 0.229. The Balaban J connectivity index is 1.16. The molecule has 4 aromatic rings. The molecule has 0 radical (unpaired) electrons. The molecule has 1 heterocycles. The van der Waals surface area contributed by atoms with Gasteiger partial charge in [0.05, 0.1) is 17.8 Å². The molecule has 7 heteroatoms. The van der Waals surface area contributed by atoms with Crippen molar-refractivity contribution in [3.8, 4) is 11.3 Å². The number of nitrogens with one attached hydrogen (secondary N) is 2. The Morgan fingerprint density at radius 1 is 0.838 bits per heavy atom. The van der Waals surface area contributed by atoms with Gasteiger partial charge in [-0.05, 0) is 72.9 Å². The molecule has 1 aliphatic rings. The van der Waals surface area contributed by atoms with Gasteiger partial charge in [-0.25, -0.2) is 9.78 Å². The van der Waals surface area contributed by atoms with E-state index in [1.807, 2.05) is 41.8 Å². The summed E-state index contributed by atoms with van der Waals surface area (Å²) in [5.41, 5.74) is 5.67. The van der Waals surface area contributed by atoms with E-state index in [-0.39, 0.29) is 11.5 Å². The monoisotopic (exact) mass is 511 g/mol. The lowest BCUT2D eigenvalue weighted by Crippen LogP contribution is -2.12. The van der Waals surface area contributed by atoms with Gasteiger partial charge in [0.25, 0.3) is 5.91 Å². The summed E-state index contributed by atoms with van der Waals surface area (Å²) in [6.45, 7) is 0.539. The Labute approximate surface area is 220 Å². The third-order valence-electron chi connectivity index (χ3n) is 6.82. The van der Waals surface area contributed by atoms with Gasteiger partial charge in [-0.3, -0.25) is 4.79 Å². The molecule has 1 aliphatic carbocycles. The van der Waals surface area contributed by atoms with E-state index in [0.29, 0.717) is 18.0 Å². The van der Waals surface area contributed by atoms with Crippen LogP contribution >= 0.6 is 11.3 Å². The molecule has 0 atom stereocenters. The highest BCUT2D eigenvalue weighted by atomic mass is 32.1. The fraction of sp³-hybridized carbons (Fsp3) is 0.233. The van der Waals surface area contributed by atoms with Gasteiger partial charge in [0, 0.05) is 27.9 Å². The first-order valence-electron chi connectivity index (χ1n) is 12.6. The summed E-state index contributed by atoms with van der Waals surface area (Å²) < 4.78 is 0. The van der Waals surface area contributed by atoms with Crippen LogP contribution in [0, 0.1) is 0 Å². The van der Waals surface area contributed by atoms with Crippen LogP contribution in [0.15, 0.2) is 78.2 Å². The van der Waals surface area contributed by atoms with E-state index in [9.17, 15) is 9.59 Å². The number of anilines is 2. The van der Waals surface area contributed by atoms with Crippen molar-refractivity contribution in [3.05, 3.63) is 99.9 Å². The minimum atomic E-state index is -0.942. The van der Waals surface area contributed by atoms with Crippen molar-refractivity contribution in [1.82, 2.24) is 4.98 Å². The van der Waals surface area contributed by atoms with Gasteiger partial charge in [-0.2, -0.15) is 0 Å². The van der Waals surface area contributed by atoms with E-state index >= 15 is 0 Å². The third kappa shape index (κ3) is 6.24. The number of carbonyl (C=O) groups is 2. The van der Waals surface area contributed by atoms with Crippen LogP contribution in [0.1, 0.15) is 69.3 Å². The van der Waals surface area contributed by atoms with Crippen molar-refractivity contribution in [2.45, 2.75) is 44.6 Å². The fourth-order valence-corrected chi connectivity index (χ4v) is 5.45. The van der Waals surface area contributed by atoms with Crippen LogP contribution in [-0.4, -0.2) is 22.0 Å². The summed E-state index contributed by atoms with van der Waals surface area (Å²) in [5, 5.41) is 18.2. The molecule has 0 aliphatic heterocycles. The molecular weight excluding hydrogens is 482 g/mol. The Hall–Kier alpha value is -3.97. The first-order valence-corrected chi connectivity index (χ1v) is 13.5. The van der Waals surface area contributed by atoms with Gasteiger partial charge >= 0.3 is 5.97 Å². The zero-order valence-electron chi connectivity index (χ0n) is 20.4. The number of hydrogen-bond acceptors (Lipinski definition) is 5. The second-order valence-electron chi connectivity index (χ2n) is 9.35. The largest absolute Gasteiger partial charge is 0.478 e. The van der Waals surface area contributed by atoms with Gasteiger partial charge in [0.1, 0.15) is 5.01 Å². The molecule has 0 bridgehead atoms. The average molecular weight is 512 g/mol. The Morgan fingerprint density at radius 3 is 2.16 bits per heavy atom. The van der Waals surface area contributed by atoms with Crippen molar-refractivity contribution >= 4 is 34.6 Å². The van der Waals surface area contributed by atoms with E-state index in [2.05, 4.69) is 22.8 Å². The second-order valence-corrected chi connectivity index (χ2v) is 10.3. The van der Waals surface area contributed by atoms with E-state index in [4.69, 9.17) is 10.1 Å². The minimum absolute atomic E-state index is 0.131. The van der Waals surface area contributed by atoms with Crippen LogP contribution in [0.2, 0.25) is 0 Å². The van der Waals surface area contributed by atoms with Crippen molar-refractivity contribution in [2.75, 3.05) is 10.6 Å². The predicted molar refractivity (Wildman–Crippen MR) is 148 cm³/mol. The Bertz CT molecular complexity index is 1360. The van der Waals surface area contributed by atoms with E-state index in [1.165, 1.54) is 37.7 Å². The SMILES string of the molecule is O=C(O)c1ccc(NCc2nc(-c3ccc(C(=O)Nc4ccc(C5CCCCC5)cc4)cc3)cs2)cc1. The lowest BCUT2D eigenvalue weighted by molar-refractivity contribution is 0.0696. The summed E-state index contributed by atoms with van der Waals surface area (Å²) in [7, 11) is 0. The van der Waals surface area contributed by atoms with Gasteiger partial charge in [0.15, 0.2) is 0 Å². The van der Waals surface area contributed by atoms with Crippen molar-refractivity contribution < 1.29 is 14.7 Å². The number of carboxylic acids is 1. The molecule has 1 fully saturated rings. The standard InChI is InChI=1S/C30H29N3O3S/c34-29(32-26-16-10-21(11-17-26)20-4-2-1-3-5-20)23-8-6-22(7-9-23)27-19-37-28(33-27)18-31-25-14-12-24(13-15-25)30(35)36/h6-17,19-20,31H,1-5,18H2,(H,32,34)(H,35,36). The number of benzene rings is 3. The number of nitrogens with zero attached hydrogens (tertiary/aromatic N) is 1. The maximum Gasteiger partial charge on any atom is 0.335 e. The average Bonchev–Trinajstić information content (AvgIpc) is 3.42. The van der Waals surface area contributed by atoms with E-state index < -0.39 is 5.97 Å². The maximum atomic E-state index is 12.8. The summed E-state index contributed by atoms with van der Waals surface area (Å²) in [4.78, 5) is 28.4. The molecule has 6 nitrogen and oxygen atoms in total. The highest BCUT2D eigenvalue weighted by molar-refractivity contribution is 7.10. The summed E-state index contributed by atoms with van der Waals surface area (Å²) in [6.07, 6.45) is 6.48. The van der Waals surface area contributed by atoms with Crippen LogP contribution in [-0.2, 0) is 6.54 Å². The van der Waals surface area contributed by atoms with Gasteiger partial charge in [0.2, 0.25) is 0 Å². The normalized spacial score (nSPS) is 13.7. The number of aromatic nitrogens is 1. The second kappa shape index (κ2) is 11.4. The molecule has 3 aromatic carbocycles. The summed E-state index contributed by atoms with van der Waals surface area (Å²) in [5.74, 6) is -0.421. The molecule has 1 saturated carbocycles. The molecule has 1 aromatic heterocycles. The molecule has 0 spiro atoms.